The minimum atomic E-state index is 0.0511. The number of ketones is 1. The summed E-state index contributed by atoms with van der Waals surface area (Å²) in [6, 6.07) is 7.75. The van der Waals surface area contributed by atoms with E-state index in [9.17, 15) is 4.79 Å². The van der Waals surface area contributed by atoms with Gasteiger partial charge in [-0.15, -0.1) is 11.3 Å². The van der Waals surface area contributed by atoms with Crippen molar-refractivity contribution in [2.24, 2.45) is 0 Å². The van der Waals surface area contributed by atoms with Crippen LogP contribution in [0.3, 0.4) is 0 Å². The molecule has 0 aromatic carbocycles. The maximum Gasteiger partial charge on any atom is 0.161 e. The highest BCUT2D eigenvalue weighted by Crippen LogP contribution is 2.29. The Hall–Kier alpha value is -1.13. The molecule has 0 atom stereocenters. The summed E-state index contributed by atoms with van der Waals surface area (Å²) in [6.45, 7) is 1.54. The summed E-state index contributed by atoms with van der Waals surface area (Å²) in [7, 11) is 0. The zero-order chi connectivity index (χ0) is 10.7. The molecule has 2 heterocycles. The molecule has 0 unspecified atom stereocenters. The second kappa shape index (κ2) is 4.59. The predicted octanol–water partition coefficient (Wildman–Crippen LogP) is 3.50. The highest BCUT2D eigenvalue weighted by atomic mass is 32.2. The van der Waals surface area contributed by atoms with Crippen LogP contribution < -0.4 is 0 Å². The normalized spacial score (nSPS) is 10.2. The quantitative estimate of drug-likeness (QED) is 0.763. The number of carbonyl (C=O) groups excluding carboxylic acids is 1. The number of hydrogen-bond donors (Lipinski definition) is 0. The van der Waals surface area contributed by atoms with Gasteiger partial charge in [0.2, 0.25) is 0 Å². The van der Waals surface area contributed by atoms with Gasteiger partial charge in [-0.1, -0.05) is 17.8 Å². The molecule has 0 saturated heterocycles. The van der Waals surface area contributed by atoms with E-state index < -0.39 is 0 Å². The Kier molecular flexibility index (Phi) is 3.18. The van der Waals surface area contributed by atoms with Crippen LogP contribution in [0, 0.1) is 0 Å². The van der Waals surface area contributed by atoms with Gasteiger partial charge in [0, 0.05) is 11.8 Å². The molecule has 76 valence electrons. The van der Waals surface area contributed by atoms with Crippen LogP contribution in [-0.2, 0) is 0 Å². The number of carbonyl (C=O) groups is 1. The molecular formula is C11H9NOS2. The molecule has 0 spiro atoms. The average molecular weight is 235 g/mol. The van der Waals surface area contributed by atoms with E-state index in [1.165, 1.54) is 4.21 Å². The second-order valence-electron chi connectivity index (χ2n) is 2.98. The minimum Gasteiger partial charge on any atom is -0.294 e. The van der Waals surface area contributed by atoms with Crippen molar-refractivity contribution in [3.05, 3.63) is 41.4 Å². The zero-order valence-electron chi connectivity index (χ0n) is 8.14. The number of hydrogen-bond acceptors (Lipinski definition) is 4. The maximum absolute atomic E-state index is 11.0. The Morgan fingerprint density at radius 2 is 2.27 bits per heavy atom. The first-order chi connectivity index (χ1) is 7.25. The lowest BCUT2D eigenvalue weighted by Gasteiger charge is -1.98. The van der Waals surface area contributed by atoms with Gasteiger partial charge in [0.15, 0.2) is 5.78 Å². The third kappa shape index (κ3) is 2.67. The summed E-state index contributed by atoms with van der Waals surface area (Å²) in [5.74, 6) is 0.0511. The van der Waals surface area contributed by atoms with Crippen molar-refractivity contribution in [1.29, 1.82) is 0 Å². The molecule has 0 bridgehead atoms. The number of rotatable bonds is 3. The van der Waals surface area contributed by atoms with E-state index in [1.54, 1.807) is 36.2 Å². The lowest BCUT2D eigenvalue weighted by atomic mass is 10.2. The maximum atomic E-state index is 11.0. The van der Waals surface area contributed by atoms with Crippen molar-refractivity contribution in [3.8, 4) is 0 Å². The van der Waals surface area contributed by atoms with Crippen molar-refractivity contribution < 1.29 is 4.79 Å². The zero-order valence-corrected chi connectivity index (χ0v) is 9.77. The number of thiophene rings is 1. The standard InChI is InChI=1S/C11H9NOS2/c1-8(13)9-4-5-10(12-7-9)15-11-3-2-6-14-11/h2-7H,1H3. The number of aromatic nitrogens is 1. The van der Waals surface area contributed by atoms with Gasteiger partial charge in [0.05, 0.1) is 4.21 Å². The Morgan fingerprint density at radius 3 is 2.80 bits per heavy atom. The summed E-state index contributed by atoms with van der Waals surface area (Å²) in [6.07, 6.45) is 1.62. The van der Waals surface area contributed by atoms with Gasteiger partial charge < -0.3 is 0 Å². The first-order valence-corrected chi connectivity index (χ1v) is 6.13. The van der Waals surface area contributed by atoms with E-state index in [4.69, 9.17) is 0 Å². The van der Waals surface area contributed by atoms with Crippen molar-refractivity contribution in [1.82, 2.24) is 4.98 Å². The van der Waals surface area contributed by atoms with Crippen molar-refractivity contribution >= 4 is 28.9 Å². The molecule has 0 saturated carbocycles. The van der Waals surface area contributed by atoms with Crippen LogP contribution in [0.25, 0.3) is 0 Å². The molecule has 2 rings (SSSR count). The molecule has 2 nitrogen and oxygen atoms in total. The number of nitrogens with zero attached hydrogens (tertiary/aromatic N) is 1. The number of Topliss-reactive ketones (excluding diaryl/α,β-unsaturated/α-hetero) is 1. The molecule has 4 heteroatoms. The summed E-state index contributed by atoms with van der Waals surface area (Å²) >= 11 is 3.30. The summed E-state index contributed by atoms with van der Waals surface area (Å²) in [4.78, 5) is 15.3. The largest absolute Gasteiger partial charge is 0.294 e. The van der Waals surface area contributed by atoms with Crippen LogP contribution >= 0.6 is 23.1 Å². The van der Waals surface area contributed by atoms with E-state index in [-0.39, 0.29) is 5.78 Å². The predicted molar refractivity (Wildman–Crippen MR) is 62.7 cm³/mol. The minimum absolute atomic E-state index is 0.0511. The van der Waals surface area contributed by atoms with E-state index >= 15 is 0 Å². The smallest absolute Gasteiger partial charge is 0.161 e. The average Bonchev–Trinajstić information content (AvgIpc) is 2.71. The lowest BCUT2D eigenvalue weighted by molar-refractivity contribution is 0.101. The Morgan fingerprint density at radius 1 is 1.40 bits per heavy atom. The Balaban J connectivity index is 2.14. The lowest BCUT2D eigenvalue weighted by Crippen LogP contribution is -1.92. The van der Waals surface area contributed by atoms with Crippen molar-refractivity contribution in [2.75, 3.05) is 0 Å². The van der Waals surface area contributed by atoms with Crippen molar-refractivity contribution in [2.45, 2.75) is 16.2 Å². The highest BCUT2D eigenvalue weighted by molar-refractivity contribution is 8.01. The molecular weight excluding hydrogens is 226 g/mol. The third-order valence-corrected chi connectivity index (χ3v) is 3.83. The van der Waals surface area contributed by atoms with E-state index in [1.807, 2.05) is 23.6 Å². The first-order valence-electron chi connectivity index (χ1n) is 4.44. The summed E-state index contributed by atoms with van der Waals surface area (Å²) < 4.78 is 1.21. The molecule has 0 N–H and O–H groups in total. The molecule has 0 aliphatic rings. The second-order valence-corrected chi connectivity index (χ2v) is 5.24. The molecule has 0 amide bonds. The van der Waals surface area contributed by atoms with Gasteiger partial charge in [-0.25, -0.2) is 4.98 Å². The van der Waals surface area contributed by atoms with Crippen LogP contribution in [0.1, 0.15) is 17.3 Å². The first kappa shape index (κ1) is 10.4. The molecule has 0 fully saturated rings. The monoisotopic (exact) mass is 235 g/mol. The Labute approximate surface area is 96.4 Å². The van der Waals surface area contributed by atoms with Gasteiger partial charge in [-0.05, 0) is 30.5 Å². The fourth-order valence-corrected chi connectivity index (χ4v) is 2.73. The van der Waals surface area contributed by atoms with E-state index in [0.29, 0.717) is 5.56 Å². The SMILES string of the molecule is CC(=O)c1ccc(Sc2cccs2)nc1. The van der Waals surface area contributed by atoms with Gasteiger partial charge in [0.1, 0.15) is 5.03 Å². The van der Waals surface area contributed by atoms with Crippen LogP contribution in [0.2, 0.25) is 0 Å². The Bertz CT molecular complexity index is 448. The van der Waals surface area contributed by atoms with Crippen LogP contribution in [0.4, 0.5) is 0 Å². The fourth-order valence-electron chi connectivity index (χ4n) is 1.07. The van der Waals surface area contributed by atoms with E-state index in [2.05, 4.69) is 11.1 Å². The number of pyridine rings is 1. The fraction of sp³-hybridized carbons (Fsp3) is 0.0909. The third-order valence-electron chi connectivity index (χ3n) is 1.84. The molecule has 2 aromatic heterocycles. The molecule has 2 aromatic rings. The topological polar surface area (TPSA) is 30.0 Å². The van der Waals surface area contributed by atoms with E-state index in [0.717, 1.165) is 5.03 Å². The molecule has 15 heavy (non-hydrogen) atoms. The summed E-state index contributed by atoms with van der Waals surface area (Å²) in [5.41, 5.74) is 0.658. The van der Waals surface area contributed by atoms with Crippen LogP contribution in [-0.4, -0.2) is 10.8 Å². The summed E-state index contributed by atoms with van der Waals surface area (Å²) in [5, 5.41) is 2.95. The van der Waals surface area contributed by atoms with Gasteiger partial charge in [0.25, 0.3) is 0 Å². The molecule has 0 aliphatic carbocycles. The van der Waals surface area contributed by atoms with Crippen molar-refractivity contribution in [3.63, 3.8) is 0 Å². The van der Waals surface area contributed by atoms with Gasteiger partial charge >= 0.3 is 0 Å². The highest BCUT2D eigenvalue weighted by Gasteiger charge is 2.02. The molecule has 0 radical (unpaired) electrons. The van der Waals surface area contributed by atoms with Crippen LogP contribution in [0.15, 0.2) is 45.1 Å². The molecule has 0 aliphatic heterocycles. The van der Waals surface area contributed by atoms with Crippen LogP contribution in [0.5, 0.6) is 0 Å². The van der Waals surface area contributed by atoms with Gasteiger partial charge in [-0.3, -0.25) is 4.79 Å². The van der Waals surface area contributed by atoms with Gasteiger partial charge in [-0.2, -0.15) is 0 Å².